The predicted molar refractivity (Wildman–Crippen MR) is 59.2 cm³/mol. The van der Waals surface area contributed by atoms with Crippen LogP contribution in [-0.2, 0) is 0 Å². The molecule has 3 heteroatoms. The van der Waals surface area contributed by atoms with Crippen LogP contribution in [0.3, 0.4) is 0 Å². The van der Waals surface area contributed by atoms with Crippen molar-refractivity contribution in [1.29, 1.82) is 0 Å². The van der Waals surface area contributed by atoms with E-state index in [0.717, 1.165) is 5.56 Å². The van der Waals surface area contributed by atoms with E-state index in [1.165, 1.54) is 12.3 Å². The van der Waals surface area contributed by atoms with Gasteiger partial charge in [-0.05, 0) is 24.6 Å². The molecule has 0 aliphatic carbocycles. The van der Waals surface area contributed by atoms with Crippen LogP contribution in [0.25, 0.3) is 0 Å². The maximum atomic E-state index is 11.8. The summed E-state index contributed by atoms with van der Waals surface area (Å²) in [6, 6.07) is 10.4. The summed E-state index contributed by atoms with van der Waals surface area (Å²) in [5.74, 6) is 0.0842. The number of nitrogens with zero attached hydrogens (tertiary/aromatic N) is 1. The van der Waals surface area contributed by atoms with Crippen LogP contribution in [0.5, 0.6) is 5.75 Å². The Morgan fingerprint density at radius 2 is 2.12 bits per heavy atom. The largest absolute Gasteiger partial charge is 0.423 e. The Labute approximate surface area is 93.7 Å². The molecule has 0 amide bonds. The van der Waals surface area contributed by atoms with Crippen molar-refractivity contribution in [3.63, 3.8) is 0 Å². The first-order chi connectivity index (χ1) is 7.77. The highest BCUT2D eigenvalue weighted by atomic mass is 16.5. The number of aromatic nitrogens is 1. The summed E-state index contributed by atoms with van der Waals surface area (Å²) in [5, 5.41) is 0. The lowest BCUT2D eigenvalue weighted by molar-refractivity contribution is 0.0734. The summed E-state index contributed by atoms with van der Waals surface area (Å²) >= 11 is 0. The molecule has 1 radical (unpaired) electrons. The molecule has 1 aromatic carbocycles. The summed E-state index contributed by atoms with van der Waals surface area (Å²) in [4.78, 5) is 15.5. The second kappa shape index (κ2) is 4.57. The van der Waals surface area contributed by atoms with Crippen molar-refractivity contribution < 1.29 is 9.53 Å². The summed E-state index contributed by atoms with van der Waals surface area (Å²) in [7, 11) is 0. The number of rotatable bonds is 2. The van der Waals surface area contributed by atoms with E-state index in [9.17, 15) is 4.79 Å². The van der Waals surface area contributed by atoms with Gasteiger partial charge in [-0.2, -0.15) is 0 Å². The zero-order valence-corrected chi connectivity index (χ0v) is 8.81. The number of esters is 1. The number of pyridine rings is 1. The molecule has 16 heavy (non-hydrogen) atoms. The van der Waals surface area contributed by atoms with Crippen LogP contribution in [0.15, 0.2) is 42.6 Å². The molecule has 0 aliphatic heterocycles. The second-order valence-corrected chi connectivity index (χ2v) is 3.33. The molecular weight excluding hydrogens is 202 g/mol. The molecular formula is C13H10NO2. The maximum Gasteiger partial charge on any atom is 0.343 e. The van der Waals surface area contributed by atoms with Crippen molar-refractivity contribution in [3.8, 4) is 5.75 Å². The first-order valence-corrected chi connectivity index (χ1v) is 4.87. The summed E-state index contributed by atoms with van der Waals surface area (Å²) in [6.45, 7) is 1.87. The summed E-state index contributed by atoms with van der Waals surface area (Å²) in [5.41, 5.74) is 1.46. The lowest BCUT2D eigenvalue weighted by Crippen LogP contribution is -2.09. The van der Waals surface area contributed by atoms with E-state index in [2.05, 4.69) is 11.2 Å². The fraction of sp³-hybridized carbons (Fsp3) is 0.0769. The number of ether oxygens (including phenoxy) is 1. The molecule has 79 valence electrons. The minimum atomic E-state index is -0.363. The van der Waals surface area contributed by atoms with E-state index in [-0.39, 0.29) is 5.97 Å². The van der Waals surface area contributed by atoms with Crippen LogP contribution in [-0.4, -0.2) is 11.0 Å². The van der Waals surface area contributed by atoms with E-state index in [1.54, 1.807) is 12.1 Å². The molecule has 0 aliphatic rings. The smallest absolute Gasteiger partial charge is 0.343 e. The Hall–Kier alpha value is -2.16. The first-order valence-electron chi connectivity index (χ1n) is 4.87. The predicted octanol–water partition coefficient (Wildman–Crippen LogP) is 2.41. The SMILES string of the molecule is Cc1ccccc1C(=O)Oc1c[c]ncc1. The summed E-state index contributed by atoms with van der Waals surface area (Å²) < 4.78 is 5.17. The minimum Gasteiger partial charge on any atom is -0.423 e. The Kier molecular flexibility index (Phi) is 2.96. The van der Waals surface area contributed by atoms with Gasteiger partial charge in [0.15, 0.2) is 0 Å². The number of benzene rings is 1. The summed E-state index contributed by atoms with van der Waals surface area (Å²) in [6.07, 6.45) is 4.13. The van der Waals surface area contributed by atoms with Gasteiger partial charge in [0, 0.05) is 12.3 Å². The molecule has 1 aromatic heterocycles. The molecule has 2 aromatic rings. The van der Waals surface area contributed by atoms with Crippen LogP contribution in [0, 0.1) is 13.1 Å². The van der Waals surface area contributed by atoms with Crippen LogP contribution < -0.4 is 4.74 Å². The normalized spacial score (nSPS) is 9.81. The number of aryl methyl sites for hydroxylation is 1. The van der Waals surface area contributed by atoms with E-state index < -0.39 is 0 Å². The van der Waals surface area contributed by atoms with E-state index in [1.807, 2.05) is 25.1 Å². The third kappa shape index (κ3) is 2.25. The number of hydrogen-bond donors (Lipinski definition) is 0. The Balaban J connectivity index is 2.19. The van der Waals surface area contributed by atoms with Crippen LogP contribution in [0.2, 0.25) is 0 Å². The highest BCUT2D eigenvalue weighted by molar-refractivity contribution is 5.92. The van der Waals surface area contributed by atoms with Gasteiger partial charge in [-0.3, -0.25) is 4.98 Å². The van der Waals surface area contributed by atoms with Crippen molar-refractivity contribution in [2.75, 3.05) is 0 Å². The number of carbonyl (C=O) groups is 1. The van der Waals surface area contributed by atoms with Crippen LogP contribution in [0.1, 0.15) is 15.9 Å². The van der Waals surface area contributed by atoms with Crippen molar-refractivity contribution in [2.45, 2.75) is 6.92 Å². The van der Waals surface area contributed by atoms with E-state index in [4.69, 9.17) is 4.74 Å². The van der Waals surface area contributed by atoms with Gasteiger partial charge < -0.3 is 4.74 Å². The molecule has 0 bridgehead atoms. The molecule has 0 atom stereocenters. The van der Waals surface area contributed by atoms with Gasteiger partial charge in [-0.15, -0.1) is 0 Å². The molecule has 0 saturated heterocycles. The third-order valence-corrected chi connectivity index (χ3v) is 2.17. The van der Waals surface area contributed by atoms with Gasteiger partial charge >= 0.3 is 5.97 Å². The Bertz CT molecular complexity index is 494. The zero-order chi connectivity index (χ0) is 11.4. The molecule has 3 nitrogen and oxygen atoms in total. The van der Waals surface area contributed by atoms with Crippen LogP contribution in [0.4, 0.5) is 0 Å². The van der Waals surface area contributed by atoms with Crippen molar-refractivity contribution in [1.82, 2.24) is 4.98 Å². The van der Waals surface area contributed by atoms with Gasteiger partial charge in [-0.1, -0.05) is 18.2 Å². The topological polar surface area (TPSA) is 39.2 Å². The third-order valence-electron chi connectivity index (χ3n) is 2.17. The highest BCUT2D eigenvalue weighted by Crippen LogP contribution is 2.13. The molecule has 0 saturated carbocycles. The number of hydrogen-bond acceptors (Lipinski definition) is 3. The lowest BCUT2D eigenvalue weighted by atomic mass is 10.1. The fourth-order valence-electron chi connectivity index (χ4n) is 1.33. The van der Waals surface area contributed by atoms with E-state index >= 15 is 0 Å². The van der Waals surface area contributed by atoms with Crippen molar-refractivity contribution in [2.24, 2.45) is 0 Å². The Morgan fingerprint density at radius 1 is 1.31 bits per heavy atom. The average Bonchev–Trinajstić information content (AvgIpc) is 2.31. The van der Waals surface area contributed by atoms with Crippen LogP contribution >= 0.6 is 0 Å². The fourth-order valence-corrected chi connectivity index (χ4v) is 1.33. The van der Waals surface area contributed by atoms with Crippen molar-refractivity contribution in [3.05, 3.63) is 59.9 Å². The van der Waals surface area contributed by atoms with Gasteiger partial charge in [0.2, 0.25) is 0 Å². The van der Waals surface area contributed by atoms with E-state index in [0.29, 0.717) is 11.3 Å². The van der Waals surface area contributed by atoms with Gasteiger partial charge in [0.05, 0.1) is 11.8 Å². The lowest BCUT2D eigenvalue weighted by Gasteiger charge is -2.05. The van der Waals surface area contributed by atoms with Gasteiger partial charge in [-0.25, -0.2) is 4.79 Å². The quantitative estimate of drug-likeness (QED) is 0.717. The standard InChI is InChI=1S/C13H10NO2/c1-10-4-2-3-5-12(10)13(15)16-11-6-8-14-9-7-11/h2-8H,1H3. The van der Waals surface area contributed by atoms with Crippen molar-refractivity contribution >= 4 is 5.97 Å². The first kappa shape index (κ1) is 10.4. The maximum absolute atomic E-state index is 11.8. The monoisotopic (exact) mass is 212 g/mol. The minimum absolute atomic E-state index is 0.363. The highest BCUT2D eigenvalue weighted by Gasteiger charge is 2.10. The zero-order valence-electron chi connectivity index (χ0n) is 8.81. The Morgan fingerprint density at radius 3 is 2.81 bits per heavy atom. The average molecular weight is 212 g/mol. The molecule has 2 rings (SSSR count). The molecule has 1 heterocycles. The molecule has 0 N–H and O–H groups in total. The molecule has 0 unspecified atom stereocenters. The second-order valence-electron chi connectivity index (χ2n) is 3.33. The number of carbonyl (C=O) groups excluding carboxylic acids is 1. The van der Waals surface area contributed by atoms with Gasteiger partial charge in [0.25, 0.3) is 0 Å². The molecule has 0 spiro atoms. The van der Waals surface area contributed by atoms with Gasteiger partial charge in [0.1, 0.15) is 5.75 Å². The molecule has 0 fully saturated rings.